The molecule has 1 aliphatic rings. The molecule has 2 N–H and O–H groups in total. The third-order valence-electron chi connectivity index (χ3n) is 3.37. The Balaban J connectivity index is 0.000000347. The molecule has 0 aromatic heterocycles. The van der Waals surface area contributed by atoms with E-state index in [1.807, 2.05) is 12.1 Å². The maximum absolute atomic E-state index is 9.57. The standard InChI is InChI=1S/C12H14Cl2O.CH4O3S/c13-9-3-4-10(11(14)7-9)12(8-15)5-1-2-6-12;1-5(2,3)4/h3-4,7,15H,1-2,5-6,8H2;1H3,(H,2,3,4). The first-order chi connectivity index (χ1) is 9.18. The van der Waals surface area contributed by atoms with Crippen molar-refractivity contribution in [2.45, 2.75) is 31.1 Å². The van der Waals surface area contributed by atoms with Gasteiger partial charge in [-0.1, -0.05) is 42.1 Å². The molecular weight excluding hydrogens is 323 g/mol. The normalized spacial score (nSPS) is 17.4. The minimum Gasteiger partial charge on any atom is -0.395 e. The first-order valence-corrected chi connectivity index (χ1v) is 8.77. The highest BCUT2D eigenvalue weighted by atomic mass is 35.5. The third-order valence-corrected chi connectivity index (χ3v) is 3.91. The Morgan fingerprint density at radius 1 is 1.25 bits per heavy atom. The molecule has 0 spiro atoms. The summed E-state index contributed by atoms with van der Waals surface area (Å²) >= 11 is 12.0. The predicted octanol–water partition coefficient (Wildman–Crippen LogP) is 3.30. The predicted molar refractivity (Wildman–Crippen MR) is 81.2 cm³/mol. The van der Waals surface area contributed by atoms with Crippen LogP contribution in [0.4, 0.5) is 0 Å². The van der Waals surface area contributed by atoms with Crippen LogP contribution in [0.25, 0.3) is 0 Å². The number of hydrogen-bond donors (Lipinski definition) is 2. The van der Waals surface area contributed by atoms with Crippen LogP contribution in [0.1, 0.15) is 31.2 Å². The van der Waals surface area contributed by atoms with E-state index in [0.717, 1.165) is 18.4 Å². The molecule has 20 heavy (non-hydrogen) atoms. The molecule has 2 rings (SSSR count). The molecule has 1 saturated carbocycles. The van der Waals surface area contributed by atoms with Crippen LogP contribution in [0, 0.1) is 0 Å². The summed E-state index contributed by atoms with van der Waals surface area (Å²) in [5.41, 5.74) is 0.926. The summed E-state index contributed by atoms with van der Waals surface area (Å²) in [5, 5.41) is 10.9. The van der Waals surface area contributed by atoms with Gasteiger partial charge in [-0.2, -0.15) is 8.42 Å². The summed E-state index contributed by atoms with van der Waals surface area (Å²) in [4.78, 5) is 0. The second kappa shape index (κ2) is 7.09. The second-order valence-electron chi connectivity index (χ2n) is 5.00. The highest BCUT2D eigenvalue weighted by molar-refractivity contribution is 7.85. The van der Waals surface area contributed by atoms with Crippen molar-refractivity contribution in [3.05, 3.63) is 33.8 Å². The smallest absolute Gasteiger partial charge is 0.261 e. The molecule has 0 aliphatic heterocycles. The zero-order chi connectivity index (χ0) is 15.4. The maximum atomic E-state index is 9.57. The first-order valence-electron chi connectivity index (χ1n) is 6.17. The van der Waals surface area contributed by atoms with Gasteiger partial charge in [0.05, 0.1) is 12.9 Å². The molecule has 0 radical (unpaired) electrons. The van der Waals surface area contributed by atoms with E-state index in [-0.39, 0.29) is 12.0 Å². The highest BCUT2D eigenvalue weighted by Gasteiger charge is 2.36. The summed E-state index contributed by atoms with van der Waals surface area (Å²) in [6.45, 7) is 0.175. The molecule has 0 bridgehead atoms. The first kappa shape index (κ1) is 17.7. The van der Waals surface area contributed by atoms with Crippen LogP contribution in [0.5, 0.6) is 0 Å². The van der Waals surface area contributed by atoms with Crippen LogP contribution < -0.4 is 0 Å². The fourth-order valence-electron chi connectivity index (χ4n) is 2.48. The molecule has 7 heteroatoms. The van der Waals surface area contributed by atoms with E-state index in [9.17, 15) is 13.5 Å². The summed E-state index contributed by atoms with van der Waals surface area (Å²) in [7, 11) is -3.67. The molecule has 0 atom stereocenters. The molecule has 1 aromatic carbocycles. The van der Waals surface area contributed by atoms with Crippen molar-refractivity contribution in [3.8, 4) is 0 Å². The van der Waals surface area contributed by atoms with Gasteiger partial charge in [0.25, 0.3) is 10.1 Å². The van der Waals surface area contributed by atoms with Crippen LogP contribution in [-0.2, 0) is 15.5 Å². The van der Waals surface area contributed by atoms with Gasteiger partial charge in [-0.15, -0.1) is 0 Å². The lowest BCUT2D eigenvalue weighted by atomic mass is 9.80. The molecule has 0 saturated heterocycles. The van der Waals surface area contributed by atoms with Crippen LogP contribution in [-0.4, -0.2) is 30.9 Å². The molecule has 1 fully saturated rings. The average molecular weight is 341 g/mol. The van der Waals surface area contributed by atoms with Crippen molar-refractivity contribution >= 4 is 33.3 Å². The molecule has 1 aromatic rings. The van der Waals surface area contributed by atoms with Crippen LogP contribution in [0.2, 0.25) is 10.0 Å². The summed E-state index contributed by atoms with van der Waals surface area (Å²) < 4.78 is 25.9. The van der Waals surface area contributed by atoms with Crippen molar-refractivity contribution < 1.29 is 18.1 Å². The zero-order valence-corrected chi connectivity index (χ0v) is 13.5. The van der Waals surface area contributed by atoms with Crippen LogP contribution in [0.3, 0.4) is 0 Å². The van der Waals surface area contributed by atoms with E-state index in [2.05, 4.69) is 0 Å². The highest BCUT2D eigenvalue weighted by Crippen LogP contribution is 2.43. The SMILES string of the molecule is CS(=O)(=O)O.OCC1(c2ccc(Cl)cc2Cl)CCCC1. The average Bonchev–Trinajstić information content (AvgIpc) is 2.76. The van der Waals surface area contributed by atoms with Crippen molar-refractivity contribution in [3.63, 3.8) is 0 Å². The summed E-state index contributed by atoms with van der Waals surface area (Å²) in [6, 6.07) is 5.55. The van der Waals surface area contributed by atoms with Crippen molar-refractivity contribution in [2.75, 3.05) is 12.9 Å². The monoisotopic (exact) mass is 340 g/mol. The molecular formula is C13H18Cl2O4S. The van der Waals surface area contributed by atoms with Crippen LogP contribution >= 0.6 is 23.2 Å². The summed E-state index contributed by atoms with van der Waals surface area (Å²) in [6.07, 6.45) is 5.09. The number of halogens is 2. The fourth-order valence-corrected chi connectivity index (χ4v) is 3.09. The van der Waals surface area contributed by atoms with Gasteiger partial charge in [0, 0.05) is 15.5 Å². The van der Waals surface area contributed by atoms with E-state index in [1.165, 1.54) is 12.8 Å². The summed E-state index contributed by atoms with van der Waals surface area (Å²) in [5.74, 6) is 0. The third kappa shape index (κ3) is 5.22. The lowest BCUT2D eigenvalue weighted by Crippen LogP contribution is -2.27. The van der Waals surface area contributed by atoms with Crippen molar-refractivity contribution in [2.24, 2.45) is 0 Å². The van der Waals surface area contributed by atoms with E-state index >= 15 is 0 Å². The number of benzene rings is 1. The molecule has 114 valence electrons. The van der Waals surface area contributed by atoms with Gasteiger partial charge in [0.15, 0.2) is 0 Å². The maximum Gasteiger partial charge on any atom is 0.261 e. The van der Waals surface area contributed by atoms with Crippen molar-refractivity contribution in [1.29, 1.82) is 0 Å². The minimum atomic E-state index is -3.67. The van der Waals surface area contributed by atoms with Gasteiger partial charge in [-0.05, 0) is 30.5 Å². The van der Waals surface area contributed by atoms with Gasteiger partial charge in [-0.3, -0.25) is 4.55 Å². The molecule has 0 amide bonds. The second-order valence-corrected chi connectivity index (χ2v) is 7.31. The molecule has 0 heterocycles. The van der Waals surface area contributed by atoms with Crippen molar-refractivity contribution in [1.82, 2.24) is 0 Å². The quantitative estimate of drug-likeness (QED) is 0.810. The number of rotatable bonds is 2. The Kier molecular flexibility index (Phi) is 6.28. The molecule has 1 aliphatic carbocycles. The topological polar surface area (TPSA) is 74.6 Å². The Morgan fingerprint density at radius 2 is 1.75 bits per heavy atom. The van der Waals surface area contributed by atoms with Gasteiger partial charge in [0.1, 0.15) is 0 Å². The Bertz CT molecular complexity index is 543. The van der Waals surface area contributed by atoms with E-state index < -0.39 is 10.1 Å². The molecule has 4 nitrogen and oxygen atoms in total. The van der Waals surface area contributed by atoms with E-state index in [4.69, 9.17) is 27.8 Å². The van der Waals surface area contributed by atoms with Gasteiger partial charge >= 0.3 is 0 Å². The minimum absolute atomic E-state index is 0.123. The van der Waals surface area contributed by atoms with Gasteiger partial charge in [0.2, 0.25) is 0 Å². The van der Waals surface area contributed by atoms with E-state index in [1.54, 1.807) is 6.07 Å². The Morgan fingerprint density at radius 3 is 2.15 bits per heavy atom. The van der Waals surface area contributed by atoms with Gasteiger partial charge < -0.3 is 5.11 Å². The number of hydrogen-bond acceptors (Lipinski definition) is 3. The molecule has 0 unspecified atom stereocenters. The lowest BCUT2D eigenvalue weighted by molar-refractivity contribution is 0.196. The number of aliphatic hydroxyl groups excluding tert-OH is 1. The van der Waals surface area contributed by atoms with Gasteiger partial charge in [-0.25, -0.2) is 0 Å². The zero-order valence-electron chi connectivity index (χ0n) is 11.1. The Hall–Kier alpha value is -0.330. The largest absolute Gasteiger partial charge is 0.395 e. The van der Waals surface area contributed by atoms with Crippen LogP contribution in [0.15, 0.2) is 18.2 Å². The van der Waals surface area contributed by atoms with E-state index in [0.29, 0.717) is 16.3 Å². The Labute approximate surface area is 129 Å². The fraction of sp³-hybridized carbons (Fsp3) is 0.538. The number of aliphatic hydroxyl groups is 1. The lowest BCUT2D eigenvalue weighted by Gasteiger charge is -2.28.